The Morgan fingerprint density at radius 3 is 2.50 bits per heavy atom. The van der Waals surface area contributed by atoms with Crippen LogP contribution in [-0.4, -0.2) is 17.6 Å². The van der Waals surface area contributed by atoms with Crippen LogP contribution in [0.1, 0.15) is 39.9 Å². The van der Waals surface area contributed by atoms with E-state index in [1.165, 1.54) is 29.5 Å². The molecule has 0 bridgehead atoms. The first kappa shape index (κ1) is 18.7. The summed E-state index contributed by atoms with van der Waals surface area (Å²) in [5, 5.41) is 4.19. The average molecular weight is 388 g/mol. The molecule has 1 amide bonds. The van der Waals surface area contributed by atoms with Gasteiger partial charge in [-0.1, -0.05) is 29.8 Å². The Morgan fingerprint density at radius 2 is 1.73 bits per heavy atom. The summed E-state index contributed by atoms with van der Waals surface area (Å²) in [5.74, 6) is -0.180. The summed E-state index contributed by atoms with van der Waals surface area (Å²) in [7, 11) is 0. The van der Waals surface area contributed by atoms with Gasteiger partial charge >= 0.3 is 0 Å². The number of nitrogens with one attached hydrogen (secondary N) is 3. The summed E-state index contributed by atoms with van der Waals surface area (Å²) < 4.78 is 0. The minimum atomic E-state index is -0.180. The minimum Gasteiger partial charge on any atom is -0.361 e. The second kappa shape index (κ2) is 9.01. The zero-order valence-corrected chi connectivity index (χ0v) is 16.1. The van der Waals surface area contributed by atoms with E-state index in [-0.39, 0.29) is 5.91 Å². The fraction of sp³-hybridized carbons (Fsp3) is 0.300. The fourth-order valence-corrected chi connectivity index (χ4v) is 3.36. The molecule has 2 aromatic rings. The highest BCUT2D eigenvalue weighted by Crippen LogP contribution is 2.22. The van der Waals surface area contributed by atoms with Crippen molar-refractivity contribution in [3.05, 3.63) is 69.7 Å². The van der Waals surface area contributed by atoms with Crippen molar-refractivity contribution in [3.63, 3.8) is 0 Å². The molecule has 6 heteroatoms. The van der Waals surface area contributed by atoms with E-state index >= 15 is 0 Å². The molecule has 26 heavy (non-hydrogen) atoms. The lowest BCUT2D eigenvalue weighted by Crippen LogP contribution is -2.47. The van der Waals surface area contributed by atoms with Gasteiger partial charge in [-0.05, 0) is 85.3 Å². The molecule has 0 spiro atoms. The van der Waals surface area contributed by atoms with Crippen LogP contribution >= 0.6 is 23.8 Å². The predicted octanol–water partition coefficient (Wildman–Crippen LogP) is 3.57. The number of rotatable bonds is 4. The number of thiocarbonyl (C=S) groups is 1. The first-order valence-corrected chi connectivity index (χ1v) is 9.61. The molecule has 0 saturated heterocycles. The minimum absolute atomic E-state index is 0.180. The smallest absolute Gasteiger partial charge is 0.269 e. The van der Waals surface area contributed by atoms with Gasteiger partial charge in [0.1, 0.15) is 0 Å². The van der Waals surface area contributed by atoms with Crippen LogP contribution < -0.4 is 16.2 Å². The van der Waals surface area contributed by atoms with Crippen molar-refractivity contribution in [3.8, 4) is 0 Å². The summed E-state index contributed by atoms with van der Waals surface area (Å²) in [6.07, 6.45) is 5.40. The summed E-state index contributed by atoms with van der Waals surface area (Å²) in [6, 6.07) is 13.6. The average Bonchev–Trinajstić information content (AvgIpc) is 2.67. The van der Waals surface area contributed by atoms with Gasteiger partial charge in [0, 0.05) is 17.1 Å². The molecule has 0 fully saturated rings. The van der Waals surface area contributed by atoms with Crippen molar-refractivity contribution in [2.45, 2.75) is 32.1 Å². The van der Waals surface area contributed by atoms with E-state index < -0.39 is 0 Å². The number of hydrazine groups is 1. The summed E-state index contributed by atoms with van der Waals surface area (Å²) in [6.45, 7) is 0.669. The van der Waals surface area contributed by atoms with E-state index in [0.717, 1.165) is 24.3 Å². The van der Waals surface area contributed by atoms with Crippen molar-refractivity contribution in [2.75, 3.05) is 6.54 Å². The Balaban J connectivity index is 1.42. The lowest BCUT2D eigenvalue weighted by Gasteiger charge is -2.17. The maximum absolute atomic E-state index is 12.3. The third kappa shape index (κ3) is 5.19. The molecule has 136 valence electrons. The highest BCUT2D eigenvalue weighted by atomic mass is 35.5. The molecule has 1 aliphatic rings. The summed E-state index contributed by atoms with van der Waals surface area (Å²) in [4.78, 5) is 12.3. The molecule has 0 aromatic heterocycles. The Morgan fingerprint density at radius 1 is 1.00 bits per heavy atom. The molecule has 2 aromatic carbocycles. The zero-order valence-electron chi connectivity index (χ0n) is 14.5. The Bertz CT molecular complexity index is 792. The van der Waals surface area contributed by atoms with Gasteiger partial charge in [0.15, 0.2) is 5.11 Å². The van der Waals surface area contributed by atoms with Gasteiger partial charge in [0.25, 0.3) is 5.91 Å². The quantitative estimate of drug-likeness (QED) is 0.554. The van der Waals surface area contributed by atoms with Crippen LogP contribution in [0, 0.1) is 0 Å². The molecule has 0 radical (unpaired) electrons. The van der Waals surface area contributed by atoms with Gasteiger partial charge in [-0.3, -0.25) is 15.6 Å². The standard InChI is InChI=1S/C20H22ClN3OS/c21-18-9-5-14(6-10-18)11-12-22-20(26)24-23-19(25)17-8-7-15-3-1-2-4-16(15)13-17/h5-10,13H,1-4,11-12H2,(H,23,25)(H2,22,24,26). The maximum atomic E-state index is 12.3. The van der Waals surface area contributed by atoms with Gasteiger partial charge in [0.05, 0.1) is 0 Å². The van der Waals surface area contributed by atoms with Gasteiger partial charge < -0.3 is 5.32 Å². The van der Waals surface area contributed by atoms with Crippen LogP contribution in [-0.2, 0) is 19.3 Å². The Labute approximate surface area is 164 Å². The number of halogens is 1. The third-order valence-corrected chi connectivity index (χ3v) is 5.01. The van der Waals surface area contributed by atoms with Crippen molar-refractivity contribution in [1.82, 2.24) is 16.2 Å². The fourth-order valence-electron chi connectivity index (χ4n) is 3.08. The SMILES string of the molecule is O=C(NNC(=S)NCCc1ccc(Cl)cc1)c1ccc2c(c1)CCCC2. The monoisotopic (exact) mass is 387 g/mol. The highest BCUT2D eigenvalue weighted by Gasteiger charge is 2.12. The Kier molecular flexibility index (Phi) is 6.47. The van der Waals surface area contributed by atoms with Crippen LogP contribution in [0.4, 0.5) is 0 Å². The number of hydrogen-bond donors (Lipinski definition) is 3. The second-order valence-electron chi connectivity index (χ2n) is 6.40. The Hall–Kier alpha value is -2.11. The third-order valence-electron chi connectivity index (χ3n) is 4.51. The normalized spacial score (nSPS) is 12.8. The summed E-state index contributed by atoms with van der Waals surface area (Å²) >= 11 is 11.1. The van der Waals surface area contributed by atoms with Gasteiger partial charge in [-0.15, -0.1) is 0 Å². The van der Waals surface area contributed by atoms with E-state index in [1.807, 2.05) is 36.4 Å². The van der Waals surface area contributed by atoms with Gasteiger partial charge in [-0.25, -0.2) is 0 Å². The maximum Gasteiger partial charge on any atom is 0.269 e. The molecular weight excluding hydrogens is 366 g/mol. The van der Waals surface area contributed by atoms with Crippen molar-refractivity contribution < 1.29 is 4.79 Å². The second-order valence-corrected chi connectivity index (χ2v) is 7.25. The number of carbonyl (C=O) groups is 1. The highest BCUT2D eigenvalue weighted by molar-refractivity contribution is 7.80. The van der Waals surface area contributed by atoms with E-state index in [0.29, 0.717) is 17.2 Å². The van der Waals surface area contributed by atoms with E-state index in [4.69, 9.17) is 23.8 Å². The molecule has 3 N–H and O–H groups in total. The lowest BCUT2D eigenvalue weighted by atomic mass is 9.90. The van der Waals surface area contributed by atoms with Crippen LogP contribution in [0.2, 0.25) is 5.02 Å². The number of benzene rings is 2. The van der Waals surface area contributed by atoms with Crippen LogP contribution in [0.5, 0.6) is 0 Å². The van der Waals surface area contributed by atoms with Crippen LogP contribution in [0.15, 0.2) is 42.5 Å². The van der Waals surface area contributed by atoms with Crippen LogP contribution in [0.3, 0.4) is 0 Å². The number of amides is 1. The lowest BCUT2D eigenvalue weighted by molar-refractivity contribution is 0.0943. The van der Waals surface area contributed by atoms with Crippen molar-refractivity contribution >= 4 is 34.8 Å². The van der Waals surface area contributed by atoms with Gasteiger partial charge in [-0.2, -0.15) is 0 Å². The molecule has 1 aliphatic carbocycles. The van der Waals surface area contributed by atoms with Crippen LogP contribution in [0.25, 0.3) is 0 Å². The predicted molar refractivity (Wildman–Crippen MR) is 109 cm³/mol. The topological polar surface area (TPSA) is 53.2 Å². The molecule has 4 nitrogen and oxygen atoms in total. The van der Waals surface area contributed by atoms with E-state index in [1.54, 1.807) is 0 Å². The molecule has 3 rings (SSSR count). The van der Waals surface area contributed by atoms with Gasteiger partial charge in [0.2, 0.25) is 0 Å². The molecule has 0 unspecified atom stereocenters. The first-order valence-electron chi connectivity index (χ1n) is 8.82. The molecule has 0 aliphatic heterocycles. The zero-order chi connectivity index (χ0) is 18.4. The molecule has 0 heterocycles. The molecule has 0 saturated carbocycles. The largest absolute Gasteiger partial charge is 0.361 e. The number of aryl methyl sites for hydroxylation is 2. The number of fused-ring (bicyclic) bond motifs is 1. The molecular formula is C20H22ClN3OS. The van der Waals surface area contributed by atoms with Crippen molar-refractivity contribution in [1.29, 1.82) is 0 Å². The number of hydrogen-bond acceptors (Lipinski definition) is 2. The first-order chi connectivity index (χ1) is 12.6. The van der Waals surface area contributed by atoms with E-state index in [9.17, 15) is 4.79 Å². The number of carbonyl (C=O) groups excluding carboxylic acids is 1. The molecule has 0 atom stereocenters. The summed E-state index contributed by atoms with van der Waals surface area (Å²) in [5.41, 5.74) is 9.88. The van der Waals surface area contributed by atoms with E-state index in [2.05, 4.69) is 22.2 Å². The van der Waals surface area contributed by atoms with Crippen molar-refractivity contribution in [2.24, 2.45) is 0 Å².